The maximum atomic E-state index is 12.3. The van der Waals surface area contributed by atoms with Crippen LogP contribution in [0.5, 0.6) is 0 Å². The summed E-state index contributed by atoms with van der Waals surface area (Å²) < 4.78 is 24.5. The molecule has 1 N–H and O–H groups in total. The van der Waals surface area contributed by atoms with Gasteiger partial charge in [-0.05, 0) is 17.7 Å². The summed E-state index contributed by atoms with van der Waals surface area (Å²) in [5.74, 6) is -0.224. The Balaban J connectivity index is 2.41. The van der Waals surface area contributed by atoms with E-state index >= 15 is 0 Å². The van der Waals surface area contributed by atoms with Crippen molar-refractivity contribution in [3.63, 3.8) is 0 Å². The minimum atomic E-state index is -3.69. The zero-order chi connectivity index (χ0) is 13.9. The molecule has 2 rings (SSSR count). The molecular weight excluding hydrogens is 266 g/mol. The zero-order valence-corrected chi connectivity index (χ0v) is 10.7. The Bertz CT molecular complexity index is 653. The van der Waals surface area contributed by atoms with Crippen molar-refractivity contribution in [2.45, 2.75) is 10.6 Å². The van der Waals surface area contributed by atoms with Gasteiger partial charge in [0.05, 0.1) is 16.3 Å². The molecule has 0 saturated carbocycles. The van der Waals surface area contributed by atoms with Gasteiger partial charge in [-0.2, -0.15) is 0 Å². The van der Waals surface area contributed by atoms with Gasteiger partial charge in [-0.15, -0.1) is 0 Å². The van der Waals surface area contributed by atoms with Gasteiger partial charge in [-0.3, -0.25) is 5.21 Å². The van der Waals surface area contributed by atoms with E-state index in [1.54, 1.807) is 30.3 Å². The summed E-state index contributed by atoms with van der Waals surface area (Å²) in [6, 6.07) is 14.2. The monoisotopic (exact) mass is 278 g/mol. The van der Waals surface area contributed by atoms with Crippen molar-refractivity contribution in [3.05, 3.63) is 65.4 Å². The summed E-state index contributed by atoms with van der Waals surface area (Å²) in [5, 5.41) is 19.5. The summed E-state index contributed by atoms with van der Waals surface area (Å²) in [7, 11) is -3.69. The molecule has 0 amide bonds. The maximum Gasteiger partial charge on any atom is 0.184 e. The first-order valence-corrected chi connectivity index (χ1v) is 7.18. The molecule has 0 spiro atoms. The molecule has 100 valence electrons. The highest BCUT2D eigenvalue weighted by atomic mass is 32.2. The lowest BCUT2D eigenvalue weighted by Gasteiger charge is -2.24. The van der Waals surface area contributed by atoms with Crippen LogP contribution in [-0.2, 0) is 15.6 Å². The van der Waals surface area contributed by atoms with E-state index in [-0.39, 0.29) is 16.3 Å². The molecule has 0 fully saturated rings. The molecule has 6 heteroatoms. The molecule has 0 radical (unpaired) electrons. The van der Waals surface area contributed by atoms with E-state index in [9.17, 15) is 13.6 Å². The second-order valence-corrected chi connectivity index (χ2v) is 5.94. The fourth-order valence-electron chi connectivity index (χ4n) is 1.75. The van der Waals surface area contributed by atoms with E-state index in [1.807, 2.05) is 0 Å². The molecule has 2 aromatic carbocycles. The van der Waals surface area contributed by atoms with Crippen LogP contribution >= 0.6 is 0 Å². The SMILES string of the molecule is O=S(=O)(Cc1ccccc1)c1ccccc1N([O-])O. The molecular formula is C13H12NO4S-. The Hall–Kier alpha value is -1.89. The normalized spacial score (nSPS) is 11.3. The van der Waals surface area contributed by atoms with Gasteiger partial charge in [-0.1, -0.05) is 42.5 Å². The largest absolute Gasteiger partial charge is 0.733 e. The van der Waals surface area contributed by atoms with Gasteiger partial charge in [0.1, 0.15) is 0 Å². The molecule has 0 aliphatic rings. The van der Waals surface area contributed by atoms with Crippen LogP contribution in [0, 0.1) is 5.21 Å². The van der Waals surface area contributed by atoms with Crippen molar-refractivity contribution in [2.24, 2.45) is 0 Å². The van der Waals surface area contributed by atoms with Crippen LogP contribution < -0.4 is 5.23 Å². The Kier molecular flexibility index (Phi) is 3.84. The third-order valence-corrected chi connectivity index (χ3v) is 4.33. The first kappa shape index (κ1) is 13.5. The molecule has 0 heterocycles. The van der Waals surface area contributed by atoms with E-state index < -0.39 is 15.1 Å². The highest BCUT2D eigenvalue weighted by molar-refractivity contribution is 7.90. The van der Waals surface area contributed by atoms with Gasteiger partial charge in [0, 0.05) is 0 Å². The quantitative estimate of drug-likeness (QED) is 0.868. The van der Waals surface area contributed by atoms with Crippen LogP contribution in [0.2, 0.25) is 0 Å². The molecule has 0 aromatic heterocycles. The van der Waals surface area contributed by atoms with Gasteiger partial charge in [0.15, 0.2) is 9.84 Å². The molecule has 19 heavy (non-hydrogen) atoms. The van der Waals surface area contributed by atoms with Gasteiger partial charge in [0.25, 0.3) is 0 Å². The first-order chi connectivity index (χ1) is 9.00. The van der Waals surface area contributed by atoms with Crippen LogP contribution in [0.1, 0.15) is 5.56 Å². The number of para-hydroxylation sites is 1. The summed E-state index contributed by atoms with van der Waals surface area (Å²) in [4.78, 5) is -0.184. The van der Waals surface area contributed by atoms with Crippen LogP contribution in [0.15, 0.2) is 59.5 Å². The predicted octanol–water partition coefficient (Wildman–Crippen LogP) is 2.35. The van der Waals surface area contributed by atoms with Crippen LogP contribution in [0.4, 0.5) is 5.69 Å². The molecule has 0 aliphatic carbocycles. The van der Waals surface area contributed by atoms with E-state index in [0.29, 0.717) is 5.56 Å². The van der Waals surface area contributed by atoms with Crippen molar-refractivity contribution in [1.82, 2.24) is 0 Å². The molecule has 0 bridgehead atoms. The van der Waals surface area contributed by atoms with Gasteiger partial charge >= 0.3 is 0 Å². The molecule has 0 unspecified atom stereocenters. The van der Waals surface area contributed by atoms with E-state index in [1.165, 1.54) is 24.3 Å². The second-order valence-electron chi connectivity index (χ2n) is 3.99. The Labute approximate surface area is 111 Å². The smallest absolute Gasteiger partial charge is 0.184 e. The highest BCUT2D eigenvalue weighted by Crippen LogP contribution is 2.26. The van der Waals surface area contributed by atoms with E-state index in [0.717, 1.165) is 0 Å². The van der Waals surface area contributed by atoms with Gasteiger partial charge in [0.2, 0.25) is 0 Å². The van der Waals surface area contributed by atoms with Crippen molar-refractivity contribution >= 4 is 15.5 Å². The standard InChI is InChI=1S/C13H12NO4S/c15-14(16)12-8-4-5-9-13(12)19(17,18)10-11-6-2-1-3-7-11/h1-9,15H,10H2/q-1. The topological polar surface area (TPSA) is 80.7 Å². The van der Waals surface area contributed by atoms with Crippen LogP contribution in [-0.4, -0.2) is 13.6 Å². The van der Waals surface area contributed by atoms with E-state index in [2.05, 4.69) is 0 Å². The predicted molar refractivity (Wildman–Crippen MR) is 71.4 cm³/mol. The lowest BCUT2D eigenvalue weighted by Crippen LogP contribution is -2.14. The number of hydrogen-bond donors (Lipinski definition) is 1. The number of hydrogen-bond acceptors (Lipinski definition) is 5. The Morgan fingerprint density at radius 1 is 1.00 bits per heavy atom. The molecule has 0 atom stereocenters. The second kappa shape index (κ2) is 5.40. The third-order valence-electron chi connectivity index (χ3n) is 2.61. The van der Waals surface area contributed by atoms with Crippen molar-refractivity contribution in [3.8, 4) is 0 Å². The lowest BCUT2D eigenvalue weighted by molar-refractivity contribution is 0.294. The summed E-state index contributed by atoms with van der Waals surface area (Å²) >= 11 is 0. The van der Waals surface area contributed by atoms with Crippen molar-refractivity contribution in [2.75, 3.05) is 5.23 Å². The Morgan fingerprint density at radius 2 is 1.58 bits per heavy atom. The Morgan fingerprint density at radius 3 is 2.21 bits per heavy atom. The van der Waals surface area contributed by atoms with Crippen molar-refractivity contribution < 1.29 is 13.6 Å². The zero-order valence-electron chi connectivity index (χ0n) is 9.93. The fraction of sp³-hybridized carbons (Fsp3) is 0.0769. The number of nitrogens with zero attached hydrogens (tertiary/aromatic N) is 1. The third kappa shape index (κ3) is 3.11. The summed E-state index contributed by atoms with van der Waals surface area (Å²) in [6.45, 7) is 0. The molecule has 0 aliphatic heterocycles. The maximum absolute atomic E-state index is 12.3. The summed E-state index contributed by atoms with van der Waals surface area (Å²) in [6.07, 6.45) is 0. The van der Waals surface area contributed by atoms with Gasteiger partial charge in [-0.25, -0.2) is 8.42 Å². The van der Waals surface area contributed by atoms with Crippen molar-refractivity contribution in [1.29, 1.82) is 0 Å². The molecule has 5 nitrogen and oxygen atoms in total. The number of sulfone groups is 1. The van der Waals surface area contributed by atoms with E-state index in [4.69, 9.17) is 5.21 Å². The number of anilines is 1. The van der Waals surface area contributed by atoms with Crippen LogP contribution in [0.25, 0.3) is 0 Å². The molecule has 0 saturated heterocycles. The first-order valence-electron chi connectivity index (χ1n) is 5.52. The average Bonchev–Trinajstić information content (AvgIpc) is 2.39. The molecule has 2 aromatic rings. The fourth-order valence-corrected chi connectivity index (χ4v) is 3.29. The average molecular weight is 278 g/mol. The number of rotatable bonds is 4. The highest BCUT2D eigenvalue weighted by Gasteiger charge is 2.19. The minimum absolute atomic E-state index is 0.184. The lowest BCUT2D eigenvalue weighted by atomic mass is 10.2. The summed E-state index contributed by atoms with van der Waals surface area (Å²) in [5.41, 5.74) is 0.339. The number of benzene rings is 2. The van der Waals surface area contributed by atoms with Crippen LogP contribution in [0.3, 0.4) is 0 Å². The van der Waals surface area contributed by atoms with Gasteiger partial charge < -0.3 is 10.4 Å². The minimum Gasteiger partial charge on any atom is -0.733 e.